The fourth-order valence-electron chi connectivity index (χ4n) is 3.43. The summed E-state index contributed by atoms with van der Waals surface area (Å²) in [6.07, 6.45) is 1.57. The van der Waals surface area contributed by atoms with Gasteiger partial charge in [-0.1, -0.05) is 23.5 Å². The number of ether oxygens (including phenoxy) is 1. The molecule has 0 aliphatic carbocycles. The van der Waals surface area contributed by atoms with Gasteiger partial charge in [-0.3, -0.25) is 19.4 Å². The van der Waals surface area contributed by atoms with Crippen molar-refractivity contribution in [3.63, 3.8) is 0 Å². The third-order valence-electron chi connectivity index (χ3n) is 5.43. The van der Waals surface area contributed by atoms with Gasteiger partial charge in [0.15, 0.2) is 19.5 Å². The standard InChI is InChI=1S/C26H26F2N5O6PS2/c27-19-5-1-17(2-6-19)24(35)41-13-11-38-40(39-12-14-42-25(36)18-3-7-20(28)8-4-18)16-37-10-9-33-15-30-21-22(33)31-26(29)32-23(21)34/h1-8,15H,9-14,16H2,(H3,29,31,32,34). The number of imidazole rings is 1. The summed E-state index contributed by atoms with van der Waals surface area (Å²) < 4.78 is 45.3. The van der Waals surface area contributed by atoms with E-state index < -0.39 is 25.6 Å². The fourth-order valence-corrected chi connectivity index (χ4v) is 6.08. The molecule has 16 heteroatoms. The second-order valence-corrected chi connectivity index (χ2v) is 12.0. The van der Waals surface area contributed by atoms with Crippen LogP contribution in [-0.4, -0.2) is 67.4 Å². The number of H-pyrrole nitrogens is 1. The number of aromatic nitrogens is 4. The number of hydrogen-bond donors (Lipinski definition) is 2. The molecule has 0 amide bonds. The number of hydrogen-bond acceptors (Lipinski definition) is 11. The van der Waals surface area contributed by atoms with E-state index in [1.165, 1.54) is 54.9 Å². The molecule has 222 valence electrons. The van der Waals surface area contributed by atoms with Crippen molar-refractivity contribution in [2.75, 3.05) is 43.4 Å². The number of thioether (sulfide) groups is 2. The van der Waals surface area contributed by atoms with Crippen LogP contribution < -0.4 is 11.3 Å². The third kappa shape index (κ3) is 9.41. The zero-order valence-electron chi connectivity index (χ0n) is 22.0. The van der Waals surface area contributed by atoms with E-state index in [-0.39, 0.29) is 47.9 Å². The Morgan fingerprint density at radius 3 is 2.00 bits per heavy atom. The van der Waals surface area contributed by atoms with E-state index in [2.05, 4.69) is 15.0 Å². The van der Waals surface area contributed by atoms with Gasteiger partial charge in [0.25, 0.3) is 5.56 Å². The van der Waals surface area contributed by atoms with E-state index >= 15 is 0 Å². The molecule has 4 aromatic rings. The van der Waals surface area contributed by atoms with E-state index in [1.807, 2.05) is 0 Å². The van der Waals surface area contributed by atoms with Gasteiger partial charge in [-0.2, -0.15) is 4.98 Å². The minimum atomic E-state index is -1.54. The number of benzene rings is 2. The lowest BCUT2D eigenvalue weighted by Gasteiger charge is -2.17. The van der Waals surface area contributed by atoms with Crippen LogP contribution in [0.4, 0.5) is 14.7 Å². The summed E-state index contributed by atoms with van der Waals surface area (Å²) in [5.41, 5.74) is 6.47. The molecule has 3 N–H and O–H groups in total. The number of aromatic amines is 1. The van der Waals surface area contributed by atoms with Gasteiger partial charge in [0.1, 0.15) is 18.0 Å². The van der Waals surface area contributed by atoms with Crippen molar-refractivity contribution >= 4 is 59.2 Å². The number of nitrogens with two attached hydrogens (primary N) is 1. The maximum atomic E-state index is 13.1. The zero-order valence-corrected chi connectivity index (χ0v) is 24.6. The van der Waals surface area contributed by atoms with Gasteiger partial charge in [0.2, 0.25) is 16.2 Å². The lowest BCUT2D eigenvalue weighted by molar-refractivity contribution is 0.108. The van der Waals surface area contributed by atoms with E-state index in [9.17, 15) is 23.2 Å². The monoisotopic (exact) mass is 637 g/mol. The third-order valence-corrected chi connectivity index (χ3v) is 8.50. The van der Waals surface area contributed by atoms with Crippen LogP contribution in [0.3, 0.4) is 0 Å². The molecule has 0 unspecified atom stereocenters. The summed E-state index contributed by atoms with van der Waals surface area (Å²) in [4.78, 5) is 47.1. The number of nitrogens with one attached hydrogen (secondary N) is 1. The first-order valence-corrected chi connectivity index (χ1v) is 15.8. The highest BCUT2D eigenvalue weighted by Gasteiger charge is 2.15. The number of rotatable bonds is 15. The maximum absolute atomic E-state index is 13.1. The van der Waals surface area contributed by atoms with Crippen LogP contribution in [0.15, 0.2) is 59.7 Å². The van der Waals surface area contributed by atoms with Gasteiger partial charge < -0.3 is 24.1 Å². The fraction of sp³-hybridized carbons (Fsp3) is 0.269. The van der Waals surface area contributed by atoms with Crippen LogP contribution in [0.2, 0.25) is 0 Å². The summed E-state index contributed by atoms with van der Waals surface area (Å²) in [5.74, 6) is -0.199. The molecular weight excluding hydrogens is 611 g/mol. The molecule has 0 spiro atoms. The highest BCUT2D eigenvalue weighted by molar-refractivity contribution is 8.14. The molecule has 0 aliphatic rings. The molecule has 0 bridgehead atoms. The Bertz CT molecular complexity index is 1490. The number of nitrogens with zero attached hydrogens (tertiary/aromatic N) is 3. The zero-order chi connectivity index (χ0) is 29.9. The smallest absolute Gasteiger partial charge is 0.280 e. The van der Waals surface area contributed by atoms with Gasteiger partial charge >= 0.3 is 0 Å². The molecule has 0 atom stereocenters. The lowest BCUT2D eigenvalue weighted by Crippen LogP contribution is -2.13. The second-order valence-electron chi connectivity index (χ2n) is 8.38. The van der Waals surface area contributed by atoms with Gasteiger partial charge in [0, 0.05) is 29.2 Å². The van der Waals surface area contributed by atoms with Crippen molar-refractivity contribution in [3.8, 4) is 0 Å². The van der Waals surface area contributed by atoms with Crippen molar-refractivity contribution in [2.45, 2.75) is 6.54 Å². The molecule has 2 heterocycles. The van der Waals surface area contributed by atoms with Crippen LogP contribution in [0.25, 0.3) is 11.2 Å². The Morgan fingerprint density at radius 1 is 0.905 bits per heavy atom. The van der Waals surface area contributed by atoms with Crippen LogP contribution in [0, 0.1) is 11.6 Å². The van der Waals surface area contributed by atoms with Gasteiger partial charge in [-0.15, -0.1) is 0 Å². The van der Waals surface area contributed by atoms with Crippen molar-refractivity contribution in [2.24, 2.45) is 0 Å². The predicted octanol–water partition coefficient (Wildman–Crippen LogP) is 4.45. The molecule has 0 radical (unpaired) electrons. The number of anilines is 1. The molecule has 4 rings (SSSR count). The largest absolute Gasteiger partial charge is 0.370 e. The summed E-state index contributed by atoms with van der Waals surface area (Å²) in [5, 5.41) is -0.423. The topological polar surface area (TPSA) is 151 Å². The first-order chi connectivity index (χ1) is 20.3. The molecule has 2 aromatic heterocycles. The lowest BCUT2D eigenvalue weighted by atomic mass is 10.2. The number of halogens is 2. The first kappa shape index (κ1) is 31.7. The number of carbonyl (C=O) groups is 2. The first-order valence-electron chi connectivity index (χ1n) is 12.5. The van der Waals surface area contributed by atoms with Crippen LogP contribution >= 0.6 is 31.9 Å². The molecule has 0 aliphatic heterocycles. The number of nitrogen functional groups attached to an aromatic ring is 1. The van der Waals surface area contributed by atoms with Gasteiger partial charge in [0.05, 0.1) is 26.1 Å². The van der Waals surface area contributed by atoms with E-state index in [0.29, 0.717) is 34.8 Å². The van der Waals surface area contributed by atoms with Crippen LogP contribution in [0.5, 0.6) is 0 Å². The average molecular weight is 638 g/mol. The molecule has 11 nitrogen and oxygen atoms in total. The molecule has 0 fully saturated rings. The Kier molecular flexibility index (Phi) is 12.0. The SMILES string of the molecule is Nc1nc2c(ncn2CCOCP(OCCSC(=O)c2ccc(F)cc2)OCCSC(=O)c2ccc(F)cc2)c(=O)[nH]1. The Morgan fingerprint density at radius 2 is 1.45 bits per heavy atom. The maximum Gasteiger partial charge on any atom is 0.280 e. The summed E-state index contributed by atoms with van der Waals surface area (Å²) >= 11 is 2.07. The number of fused-ring (bicyclic) bond motifs is 1. The molecule has 42 heavy (non-hydrogen) atoms. The molecular formula is C26H26F2N5O6PS2. The Hall–Kier alpha value is -3.20. The average Bonchev–Trinajstić information content (AvgIpc) is 3.38. The van der Waals surface area contributed by atoms with E-state index in [1.54, 1.807) is 4.57 Å². The highest BCUT2D eigenvalue weighted by atomic mass is 32.2. The van der Waals surface area contributed by atoms with Crippen molar-refractivity contribution in [1.82, 2.24) is 19.5 Å². The van der Waals surface area contributed by atoms with Crippen molar-refractivity contribution in [3.05, 3.63) is 88.0 Å². The molecule has 0 saturated heterocycles. The number of carbonyl (C=O) groups excluding carboxylic acids is 2. The minimum absolute atomic E-state index is 0.0213. The van der Waals surface area contributed by atoms with E-state index in [4.69, 9.17) is 19.5 Å². The Labute approximate surface area is 248 Å². The summed E-state index contributed by atoms with van der Waals surface area (Å²) in [6.45, 7) is 0.930. The summed E-state index contributed by atoms with van der Waals surface area (Å²) in [6, 6.07) is 10.6. The van der Waals surface area contributed by atoms with Gasteiger partial charge in [-0.25, -0.2) is 13.8 Å². The van der Waals surface area contributed by atoms with Crippen molar-refractivity contribution < 1.29 is 32.2 Å². The van der Waals surface area contributed by atoms with Crippen LogP contribution in [-0.2, 0) is 20.3 Å². The van der Waals surface area contributed by atoms with Crippen molar-refractivity contribution in [1.29, 1.82) is 0 Å². The predicted molar refractivity (Wildman–Crippen MR) is 159 cm³/mol. The summed E-state index contributed by atoms with van der Waals surface area (Å²) in [7, 11) is -1.54. The molecule has 2 aromatic carbocycles. The highest BCUT2D eigenvalue weighted by Crippen LogP contribution is 2.38. The second kappa shape index (κ2) is 15.9. The van der Waals surface area contributed by atoms with E-state index in [0.717, 1.165) is 23.5 Å². The molecule has 0 saturated carbocycles. The quantitative estimate of drug-likeness (QED) is 0.141. The van der Waals surface area contributed by atoms with Gasteiger partial charge in [-0.05, 0) is 48.5 Å². The Balaban J connectivity index is 1.25. The normalized spacial score (nSPS) is 11.4. The minimum Gasteiger partial charge on any atom is -0.370 e. The van der Waals surface area contributed by atoms with Crippen LogP contribution in [0.1, 0.15) is 20.7 Å².